The van der Waals surface area contributed by atoms with Gasteiger partial charge in [0.05, 0.1) is 5.52 Å². The van der Waals surface area contributed by atoms with Gasteiger partial charge in [0, 0.05) is 55.8 Å². The molecule has 1 heterocycles. The molecule has 1 aromatic carbocycles. The minimum Gasteiger partial charge on any atom is -0.382 e. The summed E-state index contributed by atoms with van der Waals surface area (Å²) in [4.78, 5) is 30.0. The lowest BCUT2D eigenvalue weighted by atomic mass is 9.90. The van der Waals surface area contributed by atoms with E-state index in [1.165, 1.54) is 16.6 Å². The van der Waals surface area contributed by atoms with Gasteiger partial charge in [-0.25, -0.2) is 0 Å². The van der Waals surface area contributed by atoms with E-state index < -0.39 is 0 Å². The van der Waals surface area contributed by atoms with E-state index in [9.17, 15) is 9.59 Å². The summed E-state index contributed by atoms with van der Waals surface area (Å²) in [6.45, 7) is 8.64. The Hall–Kier alpha value is -2.63. The van der Waals surface area contributed by atoms with Gasteiger partial charge >= 0.3 is 0 Å². The molecular weight excluding hydrogens is 400 g/mol. The first-order chi connectivity index (χ1) is 15.2. The van der Waals surface area contributed by atoms with Crippen LogP contribution in [0.25, 0.3) is 10.9 Å². The van der Waals surface area contributed by atoms with Crippen LogP contribution in [0.15, 0.2) is 24.3 Å². The predicted octanol–water partition coefficient (Wildman–Crippen LogP) is 4.76. The molecule has 0 aliphatic heterocycles. The molecule has 2 N–H and O–H groups in total. The van der Waals surface area contributed by atoms with E-state index >= 15 is 0 Å². The number of amides is 2. The molecule has 6 nitrogen and oxygen atoms in total. The van der Waals surface area contributed by atoms with Crippen molar-refractivity contribution in [3.05, 3.63) is 35.5 Å². The zero-order valence-electron chi connectivity index (χ0n) is 20.2. The van der Waals surface area contributed by atoms with Crippen LogP contribution in [0.4, 0.5) is 5.69 Å². The summed E-state index contributed by atoms with van der Waals surface area (Å²) in [5.41, 5.74) is 4.56. The normalized spacial score (nSPS) is 18.6. The Labute approximate surface area is 192 Å². The third-order valence-electron chi connectivity index (χ3n) is 6.46. The lowest BCUT2D eigenvalue weighted by Gasteiger charge is -2.31. The zero-order valence-corrected chi connectivity index (χ0v) is 20.2. The summed E-state index contributed by atoms with van der Waals surface area (Å²) >= 11 is 0. The molecule has 3 rings (SSSR count). The molecular formula is C26H38N4O2. The number of benzene rings is 1. The second-order valence-electron chi connectivity index (χ2n) is 9.57. The molecule has 0 unspecified atom stereocenters. The summed E-state index contributed by atoms with van der Waals surface area (Å²) in [6, 6.07) is 9.30. The van der Waals surface area contributed by atoms with Crippen molar-refractivity contribution in [3.63, 3.8) is 0 Å². The van der Waals surface area contributed by atoms with Gasteiger partial charge < -0.3 is 15.5 Å². The summed E-state index contributed by atoms with van der Waals surface area (Å²) in [6.07, 6.45) is 5.20. The number of hydrogen-bond acceptors (Lipinski definition) is 4. The fourth-order valence-corrected chi connectivity index (χ4v) is 4.31. The minimum atomic E-state index is 0.0360. The summed E-state index contributed by atoms with van der Waals surface area (Å²) in [5.74, 6) is 0.506. The first kappa shape index (κ1) is 24.0. The van der Waals surface area contributed by atoms with Crippen LogP contribution < -0.4 is 10.6 Å². The average molecular weight is 439 g/mol. The van der Waals surface area contributed by atoms with E-state index in [1.807, 2.05) is 0 Å². The summed E-state index contributed by atoms with van der Waals surface area (Å²) in [5, 5.41) is 8.16. The maximum atomic E-state index is 12.3. The lowest BCUT2D eigenvalue weighted by Crippen LogP contribution is -2.40. The van der Waals surface area contributed by atoms with E-state index in [0.29, 0.717) is 31.3 Å². The largest absolute Gasteiger partial charge is 0.382 e. The Morgan fingerprint density at radius 1 is 1.12 bits per heavy atom. The van der Waals surface area contributed by atoms with Crippen LogP contribution in [0.2, 0.25) is 0 Å². The molecule has 0 atom stereocenters. The molecule has 1 aliphatic rings. The van der Waals surface area contributed by atoms with Gasteiger partial charge in [0.1, 0.15) is 0 Å². The number of rotatable bonds is 8. The van der Waals surface area contributed by atoms with E-state index in [0.717, 1.165) is 36.9 Å². The van der Waals surface area contributed by atoms with Crippen LogP contribution in [-0.2, 0) is 9.59 Å². The SMILES string of the molecule is CC(=O)N(C)CCCC(=O)NC1CCC(Nc2cc(C(C)C)nc3ccc(C)cc23)CC1. The van der Waals surface area contributed by atoms with Crippen molar-refractivity contribution in [1.29, 1.82) is 0 Å². The molecule has 1 saturated carbocycles. The van der Waals surface area contributed by atoms with E-state index in [4.69, 9.17) is 4.98 Å². The minimum absolute atomic E-state index is 0.0360. The van der Waals surface area contributed by atoms with Gasteiger partial charge in [0.25, 0.3) is 0 Å². The number of fused-ring (bicyclic) bond motifs is 1. The average Bonchev–Trinajstić information content (AvgIpc) is 2.75. The number of pyridine rings is 1. The van der Waals surface area contributed by atoms with Crippen molar-refractivity contribution in [2.75, 3.05) is 18.9 Å². The number of aryl methyl sites for hydroxylation is 1. The Kier molecular flexibility index (Phi) is 8.10. The second kappa shape index (κ2) is 10.8. The number of anilines is 1. The van der Waals surface area contributed by atoms with Crippen LogP contribution in [0.5, 0.6) is 0 Å². The molecule has 2 aromatic rings. The Morgan fingerprint density at radius 3 is 2.47 bits per heavy atom. The molecule has 1 aliphatic carbocycles. The zero-order chi connectivity index (χ0) is 23.3. The molecule has 0 saturated heterocycles. The van der Waals surface area contributed by atoms with E-state index in [2.05, 4.69) is 55.7 Å². The third kappa shape index (κ3) is 6.44. The maximum Gasteiger partial charge on any atom is 0.220 e. The highest BCUT2D eigenvalue weighted by molar-refractivity contribution is 5.92. The summed E-state index contributed by atoms with van der Waals surface area (Å²) in [7, 11) is 1.77. The molecule has 0 bridgehead atoms. The van der Waals surface area contributed by atoms with Crippen molar-refractivity contribution in [1.82, 2.24) is 15.2 Å². The van der Waals surface area contributed by atoms with Crippen LogP contribution in [0.3, 0.4) is 0 Å². The number of hydrogen-bond donors (Lipinski definition) is 2. The Balaban J connectivity index is 1.54. The van der Waals surface area contributed by atoms with Crippen LogP contribution >= 0.6 is 0 Å². The quantitative estimate of drug-likeness (QED) is 0.623. The third-order valence-corrected chi connectivity index (χ3v) is 6.46. The van der Waals surface area contributed by atoms with Crippen LogP contribution in [0.1, 0.15) is 76.5 Å². The number of carbonyl (C=O) groups is 2. The van der Waals surface area contributed by atoms with Gasteiger partial charge in [-0.15, -0.1) is 0 Å². The first-order valence-corrected chi connectivity index (χ1v) is 11.9. The van der Waals surface area contributed by atoms with E-state index in [-0.39, 0.29) is 17.9 Å². The molecule has 2 amide bonds. The highest BCUT2D eigenvalue weighted by Gasteiger charge is 2.23. The van der Waals surface area contributed by atoms with Crippen molar-refractivity contribution in [2.45, 2.75) is 84.2 Å². The second-order valence-corrected chi connectivity index (χ2v) is 9.57. The monoisotopic (exact) mass is 438 g/mol. The molecule has 174 valence electrons. The molecule has 1 aromatic heterocycles. The lowest BCUT2D eigenvalue weighted by molar-refractivity contribution is -0.128. The molecule has 32 heavy (non-hydrogen) atoms. The first-order valence-electron chi connectivity index (χ1n) is 11.9. The van der Waals surface area contributed by atoms with Gasteiger partial charge in [0.2, 0.25) is 11.8 Å². The van der Waals surface area contributed by atoms with Crippen LogP contribution in [-0.4, -0.2) is 47.4 Å². The van der Waals surface area contributed by atoms with Gasteiger partial charge in [-0.3, -0.25) is 14.6 Å². The number of nitrogens with zero attached hydrogens (tertiary/aromatic N) is 2. The fourth-order valence-electron chi connectivity index (χ4n) is 4.31. The van der Waals surface area contributed by atoms with Crippen molar-refractivity contribution < 1.29 is 9.59 Å². The Bertz CT molecular complexity index is 948. The van der Waals surface area contributed by atoms with Crippen LogP contribution in [0, 0.1) is 6.92 Å². The van der Waals surface area contributed by atoms with Crippen molar-refractivity contribution >= 4 is 28.4 Å². The number of aromatic nitrogens is 1. The maximum absolute atomic E-state index is 12.3. The number of carbonyl (C=O) groups excluding carboxylic acids is 2. The topological polar surface area (TPSA) is 74.3 Å². The van der Waals surface area contributed by atoms with Crippen molar-refractivity contribution in [3.8, 4) is 0 Å². The smallest absolute Gasteiger partial charge is 0.220 e. The fraction of sp³-hybridized carbons (Fsp3) is 0.577. The standard InChI is InChI=1S/C26H38N4O2/c1-17(2)24-16-25(22-15-18(3)8-13-23(22)29-24)27-20-9-11-21(12-10-20)28-26(32)7-6-14-30(5)19(4)31/h8,13,15-17,20-21H,6-7,9-12,14H2,1-5H3,(H,27,29)(H,28,32). The van der Waals surface area contributed by atoms with Gasteiger partial charge in [-0.05, 0) is 63.1 Å². The van der Waals surface area contributed by atoms with E-state index in [1.54, 1.807) is 18.9 Å². The molecule has 0 spiro atoms. The van der Waals surface area contributed by atoms with Gasteiger partial charge in [0.15, 0.2) is 0 Å². The van der Waals surface area contributed by atoms with Gasteiger partial charge in [-0.1, -0.05) is 25.5 Å². The van der Waals surface area contributed by atoms with Crippen molar-refractivity contribution in [2.24, 2.45) is 0 Å². The Morgan fingerprint density at radius 2 is 1.81 bits per heavy atom. The molecule has 1 fully saturated rings. The highest BCUT2D eigenvalue weighted by Crippen LogP contribution is 2.30. The summed E-state index contributed by atoms with van der Waals surface area (Å²) < 4.78 is 0. The molecule has 0 radical (unpaired) electrons. The highest BCUT2D eigenvalue weighted by atomic mass is 16.2. The van der Waals surface area contributed by atoms with Gasteiger partial charge in [-0.2, -0.15) is 0 Å². The predicted molar refractivity (Wildman–Crippen MR) is 131 cm³/mol. The molecule has 6 heteroatoms. The number of nitrogens with one attached hydrogen (secondary N) is 2.